The van der Waals surface area contributed by atoms with Crippen molar-refractivity contribution in [2.45, 2.75) is 18.4 Å². The van der Waals surface area contributed by atoms with E-state index in [0.717, 1.165) is 5.56 Å². The molecule has 3 heterocycles. The van der Waals surface area contributed by atoms with E-state index < -0.39 is 17.9 Å². The van der Waals surface area contributed by atoms with E-state index in [-0.39, 0.29) is 19.3 Å². The van der Waals surface area contributed by atoms with Gasteiger partial charge in [0.25, 0.3) is 0 Å². The Morgan fingerprint density at radius 1 is 1.31 bits per heavy atom. The van der Waals surface area contributed by atoms with Gasteiger partial charge in [0, 0.05) is 30.6 Å². The summed E-state index contributed by atoms with van der Waals surface area (Å²) in [6.07, 6.45) is 1.34. The number of aliphatic hydroxyl groups is 1. The Labute approximate surface area is 153 Å². The predicted molar refractivity (Wildman–Crippen MR) is 93.3 cm³/mol. The van der Waals surface area contributed by atoms with E-state index in [1.54, 1.807) is 11.6 Å². The van der Waals surface area contributed by atoms with Crippen molar-refractivity contribution in [3.05, 3.63) is 35.3 Å². The third-order valence-electron chi connectivity index (χ3n) is 4.54. The maximum absolute atomic E-state index is 12.3. The Morgan fingerprint density at radius 2 is 2.15 bits per heavy atom. The number of amides is 2. The average Bonchev–Trinajstić information content (AvgIpc) is 3.31. The second-order valence-electron chi connectivity index (χ2n) is 6.12. The van der Waals surface area contributed by atoms with E-state index in [4.69, 9.17) is 9.47 Å². The largest absolute Gasteiger partial charge is 0.454 e. The third-order valence-corrected chi connectivity index (χ3v) is 5.23. The van der Waals surface area contributed by atoms with Gasteiger partial charge in [-0.05, 0) is 24.1 Å². The van der Waals surface area contributed by atoms with E-state index in [2.05, 4.69) is 10.3 Å². The topological polar surface area (TPSA) is 101 Å². The number of piperidine rings is 1. The molecule has 1 aromatic heterocycles. The number of hydrogen-bond acceptors (Lipinski definition) is 7. The Kier molecular flexibility index (Phi) is 4.48. The molecule has 2 aliphatic heterocycles. The number of aliphatic hydroxyl groups excluding tert-OH is 1. The number of hydrogen-bond donors (Lipinski definition) is 2. The molecule has 0 radical (unpaired) electrons. The minimum atomic E-state index is -0.763. The molecule has 26 heavy (non-hydrogen) atoms. The lowest BCUT2D eigenvalue weighted by molar-refractivity contribution is -0.145. The van der Waals surface area contributed by atoms with Gasteiger partial charge in [-0.1, -0.05) is 6.07 Å². The van der Waals surface area contributed by atoms with Crippen LogP contribution < -0.4 is 14.8 Å². The Morgan fingerprint density at radius 3 is 2.92 bits per heavy atom. The molecule has 0 aliphatic carbocycles. The van der Waals surface area contributed by atoms with Crippen molar-refractivity contribution in [1.82, 2.24) is 9.88 Å². The van der Waals surface area contributed by atoms with Gasteiger partial charge in [0.05, 0.1) is 6.10 Å². The first-order chi connectivity index (χ1) is 12.6. The summed E-state index contributed by atoms with van der Waals surface area (Å²) in [6, 6.07) is 5.58. The van der Waals surface area contributed by atoms with Gasteiger partial charge in [-0.2, -0.15) is 0 Å². The number of likely N-dealkylation sites (tertiary alicyclic amines) is 1. The summed E-state index contributed by atoms with van der Waals surface area (Å²) in [5.41, 5.74) is 0.932. The molecule has 136 valence electrons. The quantitative estimate of drug-likeness (QED) is 0.765. The number of carbonyl (C=O) groups is 2. The number of fused-ring (bicyclic) bond motifs is 1. The molecule has 2 aliphatic rings. The van der Waals surface area contributed by atoms with Gasteiger partial charge in [0.1, 0.15) is 0 Å². The molecule has 8 nitrogen and oxygen atoms in total. The van der Waals surface area contributed by atoms with Crippen molar-refractivity contribution in [3.63, 3.8) is 0 Å². The molecule has 1 fully saturated rings. The van der Waals surface area contributed by atoms with Gasteiger partial charge in [-0.25, -0.2) is 4.98 Å². The molecule has 1 saturated heterocycles. The smallest absolute Gasteiger partial charge is 0.315 e. The second-order valence-corrected chi connectivity index (χ2v) is 7.01. The summed E-state index contributed by atoms with van der Waals surface area (Å²) >= 11 is 1.24. The Balaban J connectivity index is 1.40. The highest BCUT2D eigenvalue weighted by atomic mass is 32.1. The molecule has 2 aromatic rings. The Bertz CT molecular complexity index is 826. The van der Waals surface area contributed by atoms with Crippen LogP contribution in [0.1, 0.15) is 17.9 Å². The van der Waals surface area contributed by atoms with Crippen LogP contribution in [-0.4, -0.2) is 52.8 Å². The fraction of sp³-hybridized carbons (Fsp3) is 0.353. The molecule has 9 heteroatoms. The van der Waals surface area contributed by atoms with Crippen LogP contribution in [0.3, 0.4) is 0 Å². The van der Waals surface area contributed by atoms with Crippen molar-refractivity contribution < 1.29 is 24.2 Å². The van der Waals surface area contributed by atoms with Gasteiger partial charge >= 0.3 is 11.8 Å². The molecule has 4 rings (SSSR count). The highest BCUT2D eigenvalue weighted by Crippen LogP contribution is 2.37. The van der Waals surface area contributed by atoms with Gasteiger partial charge in [-0.3, -0.25) is 14.9 Å². The fourth-order valence-electron chi connectivity index (χ4n) is 3.23. The maximum atomic E-state index is 12.3. The summed E-state index contributed by atoms with van der Waals surface area (Å²) < 4.78 is 10.7. The van der Waals surface area contributed by atoms with Crippen LogP contribution >= 0.6 is 11.3 Å². The number of β-amino-alcohol motifs (C(OH)–C–C–N with tert-alkyl or cyclic N) is 1. The SMILES string of the molecule is O=C(Nc1nccs1)C(=O)N1CC[C@@H](c2ccc3c(c2)OCO3)[C@H](O)C1. The van der Waals surface area contributed by atoms with Crippen LogP contribution in [0.25, 0.3) is 0 Å². The lowest BCUT2D eigenvalue weighted by Crippen LogP contribution is -2.49. The number of carbonyl (C=O) groups excluding carboxylic acids is 2. The fourth-order valence-corrected chi connectivity index (χ4v) is 3.75. The first-order valence-corrected chi connectivity index (χ1v) is 9.07. The van der Waals surface area contributed by atoms with Crippen LogP contribution in [0.2, 0.25) is 0 Å². The van der Waals surface area contributed by atoms with Crippen LogP contribution in [0.15, 0.2) is 29.8 Å². The molecule has 2 atom stereocenters. The van der Waals surface area contributed by atoms with Gasteiger partial charge < -0.3 is 19.5 Å². The summed E-state index contributed by atoms with van der Waals surface area (Å²) in [5.74, 6) is -0.182. The number of nitrogens with one attached hydrogen (secondary N) is 1. The first-order valence-electron chi connectivity index (χ1n) is 8.19. The number of thiazole rings is 1. The molecule has 0 saturated carbocycles. The first kappa shape index (κ1) is 16.8. The van der Waals surface area contributed by atoms with Crippen molar-refractivity contribution in [1.29, 1.82) is 0 Å². The number of aromatic nitrogens is 1. The number of rotatable bonds is 2. The summed E-state index contributed by atoms with van der Waals surface area (Å²) in [4.78, 5) is 29.7. The molecule has 2 amide bonds. The highest BCUT2D eigenvalue weighted by molar-refractivity contribution is 7.13. The van der Waals surface area contributed by atoms with Crippen LogP contribution in [0, 0.1) is 0 Å². The molecule has 2 N–H and O–H groups in total. The second kappa shape index (κ2) is 6.93. The average molecular weight is 375 g/mol. The minimum Gasteiger partial charge on any atom is -0.454 e. The normalized spacial score (nSPS) is 21.5. The van der Waals surface area contributed by atoms with E-state index in [9.17, 15) is 14.7 Å². The van der Waals surface area contributed by atoms with Crippen LogP contribution in [0.5, 0.6) is 11.5 Å². The minimum absolute atomic E-state index is 0.100. The number of ether oxygens (including phenoxy) is 2. The van der Waals surface area contributed by atoms with E-state index in [1.165, 1.54) is 16.2 Å². The molecule has 0 spiro atoms. The van der Waals surface area contributed by atoms with Gasteiger partial charge in [0.15, 0.2) is 16.6 Å². The van der Waals surface area contributed by atoms with E-state index in [1.807, 2.05) is 18.2 Å². The standard InChI is InChI=1S/C17H17N3O5S/c21-12-8-20(16(23)15(22)19-17-18-4-6-26-17)5-3-11(12)10-1-2-13-14(7-10)25-9-24-13/h1-2,4,6-7,11-12,21H,3,5,8-9H2,(H,18,19,22)/t11-,12+/m0/s1. The van der Waals surface area contributed by atoms with Crippen molar-refractivity contribution in [3.8, 4) is 11.5 Å². The third kappa shape index (κ3) is 3.23. The van der Waals surface area contributed by atoms with Crippen molar-refractivity contribution in [2.24, 2.45) is 0 Å². The van der Waals surface area contributed by atoms with Crippen LogP contribution in [0.4, 0.5) is 5.13 Å². The zero-order chi connectivity index (χ0) is 18.1. The highest BCUT2D eigenvalue weighted by Gasteiger charge is 2.34. The number of anilines is 1. The van der Waals surface area contributed by atoms with E-state index >= 15 is 0 Å². The molecule has 0 bridgehead atoms. The van der Waals surface area contributed by atoms with E-state index in [0.29, 0.717) is 29.6 Å². The molecular weight excluding hydrogens is 358 g/mol. The lowest BCUT2D eigenvalue weighted by Gasteiger charge is -2.35. The summed E-state index contributed by atoms with van der Waals surface area (Å²) in [7, 11) is 0. The monoisotopic (exact) mass is 375 g/mol. The van der Waals surface area contributed by atoms with Gasteiger partial charge in [-0.15, -0.1) is 11.3 Å². The Hall–Kier alpha value is -2.65. The summed E-state index contributed by atoms with van der Waals surface area (Å²) in [5, 5.41) is 15.1. The number of nitrogens with zero attached hydrogens (tertiary/aromatic N) is 2. The van der Waals surface area contributed by atoms with Gasteiger partial charge in [0.2, 0.25) is 6.79 Å². The van der Waals surface area contributed by atoms with Crippen molar-refractivity contribution >= 4 is 28.3 Å². The van der Waals surface area contributed by atoms with Crippen LogP contribution in [-0.2, 0) is 9.59 Å². The summed E-state index contributed by atoms with van der Waals surface area (Å²) in [6.45, 7) is 0.687. The molecule has 1 aromatic carbocycles. The van der Waals surface area contributed by atoms with Crippen molar-refractivity contribution in [2.75, 3.05) is 25.2 Å². The maximum Gasteiger partial charge on any atom is 0.315 e. The number of benzene rings is 1. The zero-order valence-electron chi connectivity index (χ0n) is 13.8. The lowest BCUT2D eigenvalue weighted by atomic mass is 9.87. The molecular formula is C17H17N3O5S. The zero-order valence-corrected chi connectivity index (χ0v) is 14.6. The molecule has 0 unspecified atom stereocenters. The predicted octanol–water partition coefficient (Wildman–Crippen LogP) is 1.19.